The normalized spacial score (nSPS) is 15.3. The van der Waals surface area contributed by atoms with E-state index in [-0.39, 0.29) is 5.91 Å². The zero-order chi connectivity index (χ0) is 18.8. The lowest BCUT2D eigenvalue weighted by Crippen LogP contribution is -2.48. The Morgan fingerprint density at radius 2 is 1.85 bits per heavy atom. The van der Waals surface area contributed by atoms with E-state index in [9.17, 15) is 4.79 Å². The van der Waals surface area contributed by atoms with Gasteiger partial charge in [-0.1, -0.05) is 35.0 Å². The van der Waals surface area contributed by atoms with Crippen LogP contribution in [0.1, 0.15) is 26.7 Å². The molecule has 1 aromatic carbocycles. The second-order valence-electron chi connectivity index (χ2n) is 6.88. The van der Waals surface area contributed by atoms with Crippen LogP contribution in [0.4, 0.5) is 0 Å². The van der Waals surface area contributed by atoms with Crippen LogP contribution < -0.4 is 0 Å². The van der Waals surface area contributed by atoms with E-state index in [1.165, 1.54) is 16.9 Å². The van der Waals surface area contributed by atoms with Gasteiger partial charge in [0.15, 0.2) is 0 Å². The smallest absolute Gasteiger partial charge is 0.264 e. The molecule has 1 aliphatic heterocycles. The quantitative estimate of drug-likeness (QED) is 0.692. The highest BCUT2D eigenvalue weighted by Crippen LogP contribution is 2.20. The minimum Gasteiger partial charge on any atom is -0.338 e. The molecule has 27 heavy (non-hydrogen) atoms. The minimum atomic E-state index is 0.140. The number of hydrogen-bond acceptors (Lipinski definition) is 6. The lowest BCUT2D eigenvalue weighted by molar-refractivity contribution is 0.0619. The van der Waals surface area contributed by atoms with Gasteiger partial charge < -0.3 is 9.42 Å². The summed E-state index contributed by atoms with van der Waals surface area (Å²) in [5.74, 6) is 1.37. The van der Waals surface area contributed by atoms with Crippen LogP contribution in [-0.2, 0) is 6.54 Å². The highest BCUT2D eigenvalue weighted by Gasteiger charge is 2.24. The predicted molar refractivity (Wildman–Crippen MR) is 105 cm³/mol. The van der Waals surface area contributed by atoms with Gasteiger partial charge in [0.1, 0.15) is 0 Å². The largest absolute Gasteiger partial charge is 0.338 e. The zero-order valence-corrected chi connectivity index (χ0v) is 16.3. The number of carbonyl (C=O) groups is 1. The van der Waals surface area contributed by atoms with Crippen molar-refractivity contribution in [2.45, 2.75) is 20.4 Å². The molecule has 7 heteroatoms. The average molecular weight is 382 g/mol. The molecule has 1 saturated heterocycles. The summed E-state index contributed by atoms with van der Waals surface area (Å²) < 4.78 is 5.42. The van der Waals surface area contributed by atoms with Crippen LogP contribution in [0.2, 0.25) is 0 Å². The highest BCUT2D eigenvalue weighted by molar-refractivity contribution is 7.12. The summed E-state index contributed by atoms with van der Waals surface area (Å²) in [6.45, 7) is 7.69. The van der Waals surface area contributed by atoms with Crippen LogP contribution in [0.25, 0.3) is 11.4 Å². The Bertz CT molecular complexity index is 924. The Kier molecular flexibility index (Phi) is 5.05. The van der Waals surface area contributed by atoms with Crippen molar-refractivity contribution >= 4 is 17.2 Å². The summed E-state index contributed by atoms with van der Waals surface area (Å²) in [6.07, 6.45) is 0. The minimum absolute atomic E-state index is 0.140. The van der Waals surface area contributed by atoms with Crippen molar-refractivity contribution in [2.75, 3.05) is 26.2 Å². The van der Waals surface area contributed by atoms with Gasteiger partial charge in [-0.15, -0.1) is 11.3 Å². The van der Waals surface area contributed by atoms with Gasteiger partial charge in [-0.05, 0) is 30.9 Å². The maximum atomic E-state index is 12.6. The van der Waals surface area contributed by atoms with Crippen LogP contribution in [0.5, 0.6) is 0 Å². The molecule has 140 valence electrons. The third kappa shape index (κ3) is 3.94. The summed E-state index contributed by atoms with van der Waals surface area (Å²) in [4.78, 5) is 22.1. The van der Waals surface area contributed by atoms with Crippen LogP contribution in [0, 0.1) is 13.8 Å². The number of nitrogens with zero attached hydrogens (tertiary/aromatic N) is 4. The van der Waals surface area contributed by atoms with E-state index in [0.717, 1.165) is 42.2 Å². The summed E-state index contributed by atoms with van der Waals surface area (Å²) in [7, 11) is 0. The zero-order valence-electron chi connectivity index (χ0n) is 15.5. The van der Waals surface area contributed by atoms with E-state index < -0.39 is 0 Å². The first-order valence-corrected chi connectivity index (χ1v) is 9.93. The van der Waals surface area contributed by atoms with Gasteiger partial charge >= 0.3 is 0 Å². The molecule has 3 heterocycles. The summed E-state index contributed by atoms with van der Waals surface area (Å²) >= 11 is 1.52. The molecular weight excluding hydrogens is 360 g/mol. The second-order valence-corrected chi connectivity index (χ2v) is 7.79. The SMILES string of the molecule is Cc1ccc(-c2noc(CN3CCN(C(=O)c4sccc4C)CC3)n2)cc1. The van der Waals surface area contributed by atoms with E-state index >= 15 is 0 Å². The molecule has 1 aliphatic rings. The van der Waals surface area contributed by atoms with Crippen molar-refractivity contribution in [3.8, 4) is 11.4 Å². The molecule has 0 unspecified atom stereocenters. The first kappa shape index (κ1) is 17.9. The Morgan fingerprint density at radius 3 is 2.52 bits per heavy atom. The molecule has 1 fully saturated rings. The molecule has 0 bridgehead atoms. The molecule has 0 saturated carbocycles. The molecule has 1 amide bonds. The molecule has 3 aromatic rings. The van der Waals surface area contributed by atoms with E-state index in [4.69, 9.17) is 4.52 Å². The number of hydrogen-bond donors (Lipinski definition) is 0. The Morgan fingerprint density at radius 1 is 1.11 bits per heavy atom. The molecule has 0 aliphatic carbocycles. The molecule has 6 nitrogen and oxygen atoms in total. The van der Waals surface area contributed by atoms with Crippen LogP contribution >= 0.6 is 11.3 Å². The fourth-order valence-corrected chi connectivity index (χ4v) is 4.07. The third-order valence-electron chi connectivity index (χ3n) is 4.85. The standard InChI is InChI=1S/C20H22N4O2S/c1-14-3-5-16(6-4-14)19-21-17(26-22-19)13-23-8-10-24(11-9-23)20(25)18-15(2)7-12-27-18/h3-7,12H,8-11,13H2,1-2H3. The van der Waals surface area contributed by atoms with E-state index in [1.807, 2.05) is 47.5 Å². The lowest BCUT2D eigenvalue weighted by atomic mass is 10.1. The number of carbonyl (C=O) groups excluding carboxylic acids is 1. The van der Waals surface area contributed by atoms with E-state index in [1.54, 1.807) is 0 Å². The number of amides is 1. The fourth-order valence-electron chi connectivity index (χ4n) is 3.17. The van der Waals surface area contributed by atoms with Gasteiger partial charge in [-0.3, -0.25) is 9.69 Å². The topological polar surface area (TPSA) is 62.5 Å². The molecular formula is C20H22N4O2S. The number of aromatic nitrogens is 2. The van der Waals surface area contributed by atoms with Crippen molar-refractivity contribution in [3.05, 3.63) is 57.6 Å². The number of thiophene rings is 1. The highest BCUT2D eigenvalue weighted by atomic mass is 32.1. The van der Waals surface area contributed by atoms with Gasteiger partial charge in [-0.2, -0.15) is 4.98 Å². The first-order chi connectivity index (χ1) is 13.1. The Labute approximate surface area is 162 Å². The molecule has 0 atom stereocenters. The maximum Gasteiger partial charge on any atom is 0.264 e. The molecule has 2 aromatic heterocycles. The predicted octanol–water partition coefficient (Wildman–Crippen LogP) is 3.37. The molecule has 0 spiro atoms. The number of rotatable bonds is 4. The molecule has 4 rings (SSSR count). The lowest BCUT2D eigenvalue weighted by Gasteiger charge is -2.33. The number of benzene rings is 1. The van der Waals surface area contributed by atoms with Gasteiger partial charge in [0.25, 0.3) is 5.91 Å². The first-order valence-electron chi connectivity index (χ1n) is 9.05. The van der Waals surface area contributed by atoms with Gasteiger partial charge in [0.2, 0.25) is 11.7 Å². The molecule has 0 radical (unpaired) electrons. The Hall–Kier alpha value is -2.51. The van der Waals surface area contributed by atoms with Crippen molar-refractivity contribution in [3.63, 3.8) is 0 Å². The van der Waals surface area contributed by atoms with Gasteiger partial charge in [-0.25, -0.2) is 0 Å². The van der Waals surface area contributed by atoms with Crippen LogP contribution in [0.3, 0.4) is 0 Å². The van der Waals surface area contributed by atoms with Gasteiger partial charge in [0.05, 0.1) is 11.4 Å². The van der Waals surface area contributed by atoms with Crippen molar-refractivity contribution in [1.82, 2.24) is 19.9 Å². The van der Waals surface area contributed by atoms with E-state index in [0.29, 0.717) is 18.3 Å². The molecule has 0 N–H and O–H groups in total. The Balaban J connectivity index is 1.34. The second kappa shape index (κ2) is 7.62. The van der Waals surface area contributed by atoms with Crippen LogP contribution in [-0.4, -0.2) is 52.0 Å². The summed E-state index contributed by atoms with van der Waals surface area (Å²) in [6, 6.07) is 10.1. The maximum absolute atomic E-state index is 12.6. The summed E-state index contributed by atoms with van der Waals surface area (Å²) in [5.41, 5.74) is 3.21. The number of piperazine rings is 1. The average Bonchev–Trinajstić information content (AvgIpc) is 3.31. The number of aryl methyl sites for hydroxylation is 2. The summed E-state index contributed by atoms with van der Waals surface area (Å²) in [5, 5.41) is 6.06. The van der Waals surface area contributed by atoms with Crippen LogP contribution in [0.15, 0.2) is 40.2 Å². The monoisotopic (exact) mass is 382 g/mol. The van der Waals surface area contributed by atoms with Crippen molar-refractivity contribution < 1.29 is 9.32 Å². The van der Waals surface area contributed by atoms with Gasteiger partial charge in [0, 0.05) is 31.7 Å². The van der Waals surface area contributed by atoms with Crippen molar-refractivity contribution in [1.29, 1.82) is 0 Å². The van der Waals surface area contributed by atoms with E-state index in [2.05, 4.69) is 22.0 Å². The van der Waals surface area contributed by atoms with Crippen molar-refractivity contribution in [2.24, 2.45) is 0 Å². The fraction of sp³-hybridized carbons (Fsp3) is 0.350. The third-order valence-corrected chi connectivity index (χ3v) is 5.86.